The molecule has 1 fully saturated rings. The predicted octanol–water partition coefficient (Wildman–Crippen LogP) is 3.46. The van der Waals surface area contributed by atoms with Crippen LogP contribution in [0.25, 0.3) is 16.9 Å². The number of rotatable bonds is 7. The van der Waals surface area contributed by atoms with E-state index in [0.717, 1.165) is 29.7 Å². The van der Waals surface area contributed by atoms with Crippen LogP contribution < -0.4 is 19.9 Å². The number of aromatic nitrogens is 2. The van der Waals surface area contributed by atoms with E-state index in [9.17, 15) is 5.26 Å². The van der Waals surface area contributed by atoms with E-state index in [4.69, 9.17) is 14.2 Å². The molecule has 7 heteroatoms. The second kappa shape index (κ2) is 8.48. The van der Waals surface area contributed by atoms with E-state index >= 15 is 0 Å². The number of pyridine rings is 1. The van der Waals surface area contributed by atoms with E-state index in [1.54, 1.807) is 20.4 Å². The minimum Gasteiger partial charge on any atom is -0.495 e. The summed E-state index contributed by atoms with van der Waals surface area (Å²) >= 11 is 0. The minimum absolute atomic E-state index is 0.122. The maximum Gasteiger partial charge on any atom is 0.199 e. The Hall–Kier alpha value is -3.24. The number of fused-ring (bicyclic) bond motifs is 1. The highest BCUT2D eigenvalue weighted by Gasteiger charge is 2.39. The summed E-state index contributed by atoms with van der Waals surface area (Å²) in [6, 6.07) is 11.7. The van der Waals surface area contributed by atoms with Crippen LogP contribution in [0.15, 0.2) is 36.5 Å². The smallest absolute Gasteiger partial charge is 0.199 e. The van der Waals surface area contributed by atoms with Crippen LogP contribution >= 0.6 is 0 Å². The molecule has 0 unspecified atom stereocenters. The molecule has 0 bridgehead atoms. The van der Waals surface area contributed by atoms with Gasteiger partial charge < -0.3 is 19.9 Å². The topological polar surface area (TPSA) is 96.4 Å². The number of hydrogen-bond acceptors (Lipinski definition) is 5. The van der Waals surface area contributed by atoms with Crippen molar-refractivity contribution in [3.8, 4) is 34.7 Å². The second-order valence-electron chi connectivity index (χ2n) is 8.37. The molecule has 1 aliphatic rings. The van der Waals surface area contributed by atoms with E-state index in [0.29, 0.717) is 35.5 Å². The van der Waals surface area contributed by atoms with E-state index < -0.39 is 0 Å². The maximum atomic E-state index is 9.78. The van der Waals surface area contributed by atoms with Crippen molar-refractivity contribution in [3.05, 3.63) is 42.1 Å². The van der Waals surface area contributed by atoms with Crippen LogP contribution in [0.1, 0.15) is 38.2 Å². The SMILES string of the molecule is CC[C@H]1CC[C@]([NH3+])(COc2cc(-c3cnc4cccc(OC)n34)cc(OC)c2C#N)C1. The van der Waals surface area contributed by atoms with Gasteiger partial charge in [0, 0.05) is 18.4 Å². The molecule has 3 N–H and O–H groups in total. The molecule has 162 valence electrons. The fraction of sp³-hybridized carbons (Fsp3) is 0.417. The van der Waals surface area contributed by atoms with Gasteiger partial charge >= 0.3 is 0 Å². The summed E-state index contributed by atoms with van der Waals surface area (Å²) in [6.45, 7) is 2.70. The van der Waals surface area contributed by atoms with Crippen molar-refractivity contribution >= 4 is 5.65 Å². The van der Waals surface area contributed by atoms with Gasteiger partial charge in [0.1, 0.15) is 40.9 Å². The largest absolute Gasteiger partial charge is 0.495 e. The van der Waals surface area contributed by atoms with E-state index in [2.05, 4.69) is 23.7 Å². The molecule has 2 aromatic heterocycles. The number of methoxy groups -OCH3 is 2. The number of quaternary nitrogens is 1. The lowest BCUT2D eigenvalue weighted by molar-refractivity contribution is -0.480. The van der Waals surface area contributed by atoms with Gasteiger partial charge in [-0.15, -0.1) is 0 Å². The summed E-state index contributed by atoms with van der Waals surface area (Å²) in [5.41, 5.74) is 7.15. The van der Waals surface area contributed by atoms with Crippen LogP contribution in [0.3, 0.4) is 0 Å². The Balaban J connectivity index is 1.74. The lowest BCUT2D eigenvalue weighted by Crippen LogP contribution is -2.74. The second-order valence-corrected chi connectivity index (χ2v) is 8.37. The lowest BCUT2D eigenvalue weighted by atomic mass is 9.97. The zero-order valence-electron chi connectivity index (χ0n) is 18.4. The lowest BCUT2D eigenvalue weighted by Gasteiger charge is -2.22. The molecule has 3 aromatic rings. The Morgan fingerprint density at radius 3 is 2.74 bits per heavy atom. The molecule has 0 amide bonds. The van der Waals surface area contributed by atoms with Crippen LogP contribution in [0.4, 0.5) is 0 Å². The first-order valence-electron chi connectivity index (χ1n) is 10.6. The molecule has 7 nitrogen and oxygen atoms in total. The van der Waals surface area contributed by atoms with Crippen molar-refractivity contribution in [3.63, 3.8) is 0 Å². The summed E-state index contributed by atoms with van der Waals surface area (Å²) in [6.07, 6.45) is 6.22. The number of hydrogen-bond donors (Lipinski definition) is 1. The average Bonchev–Trinajstić information content (AvgIpc) is 3.40. The normalized spacial score (nSPS) is 20.5. The summed E-state index contributed by atoms with van der Waals surface area (Å²) in [5, 5.41) is 9.78. The summed E-state index contributed by atoms with van der Waals surface area (Å²) in [7, 11) is 3.19. The van der Waals surface area contributed by atoms with Crippen LogP contribution in [-0.2, 0) is 0 Å². The minimum atomic E-state index is -0.122. The molecule has 1 aromatic carbocycles. The van der Waals surface area contributed by atoms with Crippen LogP contribution in [0.2, 0.25) is 0 Å². The zero-order valence-corrected chi connectivity index (χ0v) is 18.4. The Bertz CT molecular complexity index is 1130. The molecule has 31 heavy (non-hydrogen) atoms. The Morgan fingerprint density at radius 2 is 2.06 bits per heavy atom. The van der Waals surface area contributed by atoms with Crippen molar-refractivity contribution < 1.29 is 19.9 Å². The summed E-state index contributed by atoms with van der Waals surface area (Å²) < 4.78 is 19.2. The number of ether oxygens (including phenoxy) is 3. The first-order chi connectivity index (χ1) is 15.0. The Kier molecular flexibility index (Phi) is 5.75. The van der Waals surface area contributed by atoms with Crippen LogP contribution in [0, 0.1) is 17.2 Å². The fourth-order valence-corrected chi connectivity index (χ4v) is 4.53. The summed E-state index contributed by atoms with van der Waals surface area (Å²) in [4.78, 5) is 4.50. The molecule has 1 aliphatic carbocycles. The van der Waals surface area contributed by atoms with Gasteiger partial charge in [0.2, 0.25) is 0 Å². The van der Waals surface area contributed by atoms with Crippen molar-refractivity contribution in [1.29, 1.82) is 5.26 Å². The fourth-order valence-electron chi connectivity index (χ4n) is 4.53. The van der Waals surface area contributed by atoms with Gasteiger partial charge in [0.15, 0.2) is 5.88 Å². The standard InChI is InChI=1S/C24H28N4O3/c1-4-16-8-9-24(26,12-16)15-31-21-11-17(10-20(29-2)18(21)13-25)19-14-27-22-6-5-7-23(30-3)28(19)22/h5-7,10-11,14,16H,4,8-9,12,15,26H2,1-3H3/p+1/t16-,24+/m0/s1. The van der Waals surface area contributed by atoms with E-state index in [-0.39, 0.29) is 5.54 Å². The molecule has 0 spiro atoms. The third-order valence-electron chi connectivity index (χ3n) is 6.31. The van der Waals surface area contributed by atoms with Gasteiger partial charge in [-0.3, -0.25) is 4.40 Å². The van der Waals surface area contributed by atoms with Crippen molar-refractivity contribution in [2.24, 2.45) is 5.92 Å². The van der Waals surface area contributed by atoms with E-state index in [1.807, 2.05) is 34.7 Å². The molecule has 1 saturated carbocycles. The molecule has 0 radical (unpaired) electrons. The molecular formula is C24H29N4O3+. The van der Waals surface area contributed by atoms with Gasteiger partial charge in [-0.1, -0.05) is 19.4 Å². The third-order valence-corrected chi connectivity index (χ3v) is 6.31. The monoisotopic (exact) mass is 421 g/mol. The molecule has 0 saturated heterocycles. The maximum absolute atomic E-state index is 9.78. The predicted molar refractivity (Wildman–Crippen MR) is 117 cm³/mol. The van der Waals surface area contributed by atoms with Crippen molar-refractivity contribution in [2.45, 2.75) is 38.1 Å². The third kappa shape index (κ3) is 3.91. The number of nitrogens with zero attached hydrogens (tertiary/aromatic N) is 3. The van der Waals surface area contributed by atoms with Gasteiger partial charge in [-0.2, -0.15) is 5.26 Å². The van der Waals surface area contributed by atoms with E-state index in [1.165, 1.54) is 12.8 Å². The number of benzene rings is 1. The van der Waals surface area contributed by atoms with Gasteiger partial charge in [0.25, 0.3) is 0 Å². The van der Waals surface area contributed by atoms with Crippen molar-refractivity contribution in [2.75, 3.05) is 20.8 Å². The van der Waals surface area contributed by atoms with Gasteiger partial charge in [0.05, 0.1) is 26.1 Å². The highest BCUT2D eigenvalue weighted by atomic mass is 16.5. The van der Waals surface area contributed by atoms with Gasteiger partial charge in [-0.05, 0) is 36.6 Å². The number of nitriles is 1. The van der Waals surface area contributed by atoms with Crippen LogP contribution in [0.5, 0.6) is 17.4 Å². The van der Waals surface area contributed by atoms with Crippen LogP contribution in [-0.4, -0.2) is 35.8 Å². The highest BCUT2D eigenvalue weighted by Crippen LogP contribution is 2.38. The molecule has 2 heterocycles. The molecular weight excluding hydrogens is 392 g/mol. The Labute approximate surface area is 182 Å². The average molecular weight is 422 g/mol. The molecule has 4 rings (SSSR count). The highest BCUT2D eigenvalue weighted by molar-refractivity contribution is 5.71. The van der Waals surface area contributed by atoms with Crippen molar-refractivity contribution in [1.82, 2.24) is 9.38 Å². The van der Waals surface area contributed by atoms with Gasteiger partial charge in [-0.25, -0.2) is 4.98 Å². The molecule has 0 aliphatic heterocycles. The summed E-state index contributed by atoms with van der Waals surface area (Å²) in [5.74, 6) is 2.34. The quantitative estimate of drug-likeness (QED) is 0.630. The number of imidazole rings is 1. The first-order valence-corrected chi connectivity index (χ1v) is 10.6. The molecule has 2 atom stereocenters. The zero-order chi connectivity index (χ0) is 22.0. The first kappa shape index (κ1) is 21.0. The Morgan fingerprint density at radius 1 is 1.26 bits per heavy atom.